The highest BCUT2D eigenvalue weighted by Crippen LogP contribution is 2.36. The van der Waals surface area contributed by atoms with Gasteiger partial charge in [-0.3, -0.25) is 4.90 Å². The van der Waals surface area contributed by atoms with E-state index >= 15 is 0 Å². The molecule has 3 N–H and O–H groups in total. The van der Waals surface area contributed by atoms with Gasteiger partial charge in [0.15, 0.2) is 0 Å². The van der Waals surface area contributed by atoms with Crippen LogP contribution in [0.3, 0.4) is 0 Å². The smallest absolute Gasteiger partial charge is 0.414 e. The van der Waals surface area contributed by atoms with Crippen LogP contribution in [0.5, 0.6) is 0 Å². The number of carbonyl (C=O) groups is 3. The first-order chi connectivity index (χ1) is 12.9. The summed E-state index contributed by atoms with van der Waals surface area (Å²) < 4.78 is 5.24. The summed E-state index contributed by atoms with van der Waals surface area (Å²) in [6.45, 7) is 7.29. The lowest BCUT2D eigenvalue weighted by Gasteiger charge is -2.32. The monoisotopic (exact) mass is 378 g/mol. The van der Waals surface area contributed by atoms with Gasteiger partial charge in [0, 0.05) is 6.54 Å². The fraction of sp³-hybridized carbons (Fsp3) is 0.526. The first-order valence-electron chi connectivity index (χ1n) is 9.12. The summed E-state index contributed by atoms with van der Waals surface area (Å²) in [4.78, 5) is 32.3. The van der Waals surface area contributed by atoms with Crippen LogP contribution in [0, 0.1) is 6.92 Å². The first-order valence-corrected chi connectivity index (χ1v) is 9.12. The lowest BCUT2D eigenvalue weighted by atomic mass is 9.89. The van der Waals surface area contributed by atoms with Crippen molar-refractivity contribution >= 4 is 23.7 Å². The van der Waals surface area contributed by atoms with E-state index < -0.39 is 11.9 Å². The standard InChI is InChI=1S/C17H24N2O2.C2H2O4/c1-3-21-17(20)19-10-4-5-14-11-13-6-8-18-9-7-15(13)12(2)16(14)19;3-1(4)2(5)6/h11,18H,3-10H2,1-2H3;(H,3,4)(H,5,6). The van der Waals surface area contributed by atoms with E-state index in [1.807, 2.05) is 11.8 Å². The van der Waals surface area contributed by atoms with Gasteiger partial charge in [0.05, 0.1) is 12.3 Å². The molecule has 148 valence electrons. The van der Waals surface area contributed by atoms with Gasteiger partial charge in [0.25, 0.3) is 0 Å². The lowest BCUT2D eigenvalue weighted by Crippen LogP contribution is -2.37. The number of nitrogens with one attached hydrogen (secondary N) is 1. The normalized spacial score (nSPS) is 15.4. The van der Waals surface area contributed by atoms with E-state index in [0.29, 0.717) is 6.61 Å². The van der Waals surface area contributed by atoms with Crippen molar-refractivity contribution in [2.24, 2.45) is 0 Å². The number of rotatable bonds is 1. The van der Waals surface area contributed by atoms with Crippen molar-refractivity contribution in [3.8, 4) is 0 Å². The van der Waals surface area contributed by atoms with Crippen LogP contribution in [0.2, 0.25) is 0 Å². The molecule has 1 amide bonds. The van der Waals surface area contributed by atoms with Crippen LogP contribution >= 0.6 is 0 Å². The number of nitrogens with zero attached hydrogens (tertiary/aromatic N) is 1. The minimum atomic E-state index is -1.82. The summed E-state index contributed by atoms with van der Waals surface area (Å²) >= 11 is 0. The third kappa shape index (κ3) is 4.97. The van der Waals surface area contributed by atoms with Crippen molar-refractivity contribution in [3.63, 3.8) is 0 Å². The number of carbonyl (C=O) groups excluding carboxylic acids is 1. The van der Waals surface area contributed by atoms with Crippen LogP contribution in [0.4, 0.5) is 10.5 Å². The average Bonchev–Trinajstić information content (AvgIpc) is 2.87. The quantitative estimate of drug-likeness (QED) is 0.638. The number of fused-ring (bicyclic) bond motifs is 2. The molecule has 2 aliphatic heterocycles. The number of benzene rings is 1. The van der Waals surface area contributed by atoms with E-state index in [9.17, 15) is 4.79 Å². The fourth-order valence-electron chi connectivity index (χ4n) is 3.61. The Morgan fingerprint density at radius 3 is 2.41 bits per heavy atom. The zero-order chi connectivity index (χ0) is 20.0. The highest BCUT2D eigenvalue weighted by molar-refractivity contribution is 6.27. The summed E-state index contributed by atoms with van der Waals surface area (Å²) in [5.41, 5.74) is 6.59. The number of amides is 1. The molecule has 0 fully saturated rings. The predicted octanol–water partition coefficient (Wildman–Crippen LogP) is 1.75. The van der Waals surface area contributed by atoms with E-state index in [0.717, 1.165) is 51.0 Å². The Labute approximate surface area is 158 Å². The highest BCUT2D eigenvalue weighted by atomic mass is 16.6. The van der Waals surface area contributed by atoms with E-state index in [1.54, 1.807) is 0 Å². The maximum absolute atomic E-state index is 12.2. The predicted molar refractivity (Wildman–Crippen MR) is 99.4 cm³/mol. The molecule has 2 heterocycles. The van der Waals surface area contributed by atoms with E-state index in [-0.39, 0.29) is 6.09 Å². The maximum Gasteiger partial charge on any atom is 0.414 e. The average molecular weight is 378 g/mol. The van der Waals surface area contributed by atoms with E-state index in [2.05, 4.69) is 18.3 Å². The van der Waals surface area contributed by atoms with Crippen molar-refractivity contribution in [3.05, 3.63) is 28.3 Å². The van der Waals surface area contributed by atoms with Gasteiger partial charge in [0.1, 0.15) is 0 Å². The van der Waals surface area contributed by atoms with Crippen LogP contribution in [0.25, 0.3) is 0 Å². The van der Waals surface area contributed by atoms with Crippen LogP contribution in [0.15, 0.2) is 6.07 Å². The molecule has 1 aromatic rings. The zero-order valence-electron chi connectivity index (χ0n) is 15.7. The molecule has 0 aromatic heterocycles. The third-order valence-corrected chi connectivity index (χ3v) is 4.74. The van der Waals surface area contributed by atoms with Gasteiger partial charge in [-0.1, -0.05) is 6.07 Å². The van der Waals surface area contributed by atoms with Crippen molar-refractivity contribution in [1.29, 1.82) is 0 Å². The first kappa shape index (κ1) is 20.7. The van der Waals surface area contributed by atoms with Gasteiger partial charge in [-0.2, -0.15) is 0 Å². The summed E-state index contributed by atoms with van der Waals surface area (Å²) in [6.07, 6.45) is 4.01. The Morgan fingerprint density at radius 1 is 1.11 bits per heavy atom. The summed E-state index contributed by atoms with van der Waals surface area (Å²) in [7, 11) is 0. The molecule has 1 aromatic carbocycles. The Hall–Kier alpha value is -2.61. The number of aliphatic carboxylic acids is 2. The van der Waals surface area contributed by atoms with Gasteiger partial charge >= 0.3 is 18.0 Å². The molecular weight excluding hydrogens is 352 g/mol. The number of ether oxygens (including phenoxy) is 1. The van der Waals surface area contributed by atoms with Crippen molar-refractivity contribution in [1.82, 2.24) is 5.32 Å². The molecule has 2 aliphatic rings. The third-order valence-electron chi connectivity index (χ3n) is 4.74. The Balaban J connectivity index is 0.000000380. The van der Waals surface area contributed by atoms with E-state index in [1.165, 1.54) is 22.3 Å². The van der Waals surface area contributed by atoms with Gasteiger partial charge in [-0.15, -0.1) is 0 Å². The fourth-order valence-corrected chi connectivity index (χ4v) is 3.61. The SMILES string of the molecule is CCOC(=O)N1CCCc2cc3c(c(C)c21)CCNCC3.O=C(O)C(=O)O. The molecule has 0 saturated carbocycles. The van der Waals surface area contributed by atoms with Gasteiger partial charge in [0.2, 0.25) is 0 Å². The second-order valence-corrected chi connectivity index (χ2v) is 6.46. The second kappa shape index (κ2) is 9.36. The molecule has 0 bridgehead atoms. The summed E-state index contributed by atoms with van der Waals surface area (Å²) in [5, 5.41) is 18.2. The topological polar surface area (TPSA) is 116 Å². The van der Waals surface area contributed by atoms with Crippen molar-refractivity contribution in [2.75, 3.05) is 31.1 Å². The Morgan fingerprint density at radius 2 is 1.78 bits per heavy atom. The summed E-state index contributed by atoms with van der Waals surface area (Å²) in [6, 6.07) is 2.33. The largest absolute Gasteiger partial charge is 0.473 e. The minimum absolute atomic E-state index is 0.201. The molecule has 8 nitrogen and oxygen atoms in total. The molecular formula is C19H26N2O6. The van der Waals surface area contributed by atoms with Crippen LogP contribution in [0.1, 0.15) is 35.6 Å². The molecule has 0 saturated heterocycles. The minimum Gasteiger partial charge on any atom is -0.473 e. The maximum atomic E-state index is 12.2. The molecule has 27 heavy (non-hydrogen) atoms. The van der Waals surface area contributed by atoms with Gasteiger partial charge in [-0.05, 0) is 74.9 Å². The van der Waals surface area contributed by atoms with Gasteiger partial charge in [-0.25, -0.2) is 14.4 Å². The number of carboxylic acids is 2. The molecule has 3 rings (SSSR count). The molecule has 0 aliphatic carbocycles. The van der Waals surface area contributed by atoms with Crippen LogP contribution < -0.4 is 10.2 Å². The number of anilines is 1. The number of carboxylic acid groups (broad SMARTS) is 2. The van der Waals surface area contributed by atoms with Crippen LogP contribution in [-0.4, -0.2) is 54.5 Å². The van der Waals surface area contributed by atoms with Crippen molar-refractivity contribution < 1.29 is 29.3 Å². The van der Waals surface area contributed by atoms with E-state index in [4.69, 9.17) is 24.5 Å². The Bertz CT molecular complexity index is 719. The highest BCUT2D eigenvalue weighted by Gasteiger charge is 2.28. The number of aryl methyl sites for hydroxylation is 1. The molecule has 0 unspecified atom stereocenters. The molecule has 8 heteroatoms. The van der Waals surface area contributed by atoms with Crippen molar-refractivity contribution in [2.45, 2.75) is 39.5 Å². The zero-order valence-corrected chi connectivity index (χ0v) is 15.7. The molecule has 0 spiro atoms. The van der Waals surface area contributed by atoms with Crippen LogP contribution in [-0.2, 0) is 33.6 Å². The molecule has 0 radical (unpaired) electrons. The second-order valence-electron chi connectivity index (χ2n) is 6.46. The Kier molecular flexibility index (Phi) is 7.18. The number of hydrogen-bond acceptors (Lipinski definition) is 5. The number of hydrogen-bond donors (Lipinski definition) is 3. The summed E-state index contributed by atoms with van der Waals surface area (Å²) in [5.74, 6) is -3.65. The lowest BCUT2D eigenvalue weighted by molar-refractivity contribution is -0.159. The van der Waals surface area contributed by atoms with Gasteiger partial charge < -0.3 is 20.3 Å². The molecule has 0 atom stereocenters.